The third kappa shape index (κ3) is 6.12. The van der Waals surface area contributed by atoms with Crippen LogP contribution in [-0.4, -0.2) is 18.7 Å². The summed E-state index contributed by atoms with van der Waals surface area (Å²) in [4.78, 5) is 12.5. The molecule has 0 aliphatic heterocycles. The summed E-state index contributed by atoms with van der Waals surface area (Å²) in [6.45, 7) is 2.30. The fourth-order valence-corrected chi connectivity index (χ4v) is 4.97. The lowest BCUT2D eigenvalue weighted by Gasteiger charge is -2.14. The highest BCUT2D eigenvalue weighted by Crippen LogP contribution is 2.34. The van der Waals surface area contributed by atoms with Gasteiger partial charge in [0.1, 0.15) is 18.0 Å². The average molecular weight is 669 g/mol. The Morgan fingerprint density at radius 3 is 2.60 bits per heavy atom. The highest BCUT2D eigenvalue weighted by molar-refractivity contribution is 9.11. The number of carbonyl (C=O) groups excluding carboxylic acids is 1. The molecule has 0 saturated carbocycles. The summed E-state index contributed by atoms with van der Waals surface area (Å²) in [6, 6.07) is 15.2. The number of rotatable bonds is 8. The highest BCUT2D eigenvalue weighted by atomic mass is 79.9. The molecule has 0 aliphatic rings. The van der Waals surface area contributed by atoms with Gasteiger partial charge in [-0.15, -0.1) is 0 Å². The number of hydrogen-bond donors (Lipinski definition) is 1. The minimum absolute atomic E-state index is 0.0485. The number of halogens is 4. The minimum atomic E-state index is -0.494. The number of nitrogens with one attached hydrogen (secondary N) is 1. The normalized spacial score (nSPS) is 11.2. The van der Waals surface area contributed by atoms with Crippen molar-refractivity contribution in [1.82, 2.24) is 5.43 Å². The fraction of sp³-hybridized carbons (Fsp3) is 0.120. The zero-order chi connectivity index (χ0) is 24.9. The Bertz CT molecular complexity index is 1420. The van der Waals surface area contributed by atoms with Crippen LogP contribution in [0.25, 0.3) is 11.0 Å². The second-order valence-electron chi connectivity index (χ2n) is 7.25. The maximum atomic E-state index is 13.9. The predicted octanol–water partition coefficient (Wildman–Crippen LogP) is 7.60. The van der Waals surface area contributed by atoms with Crippen LogP contribution in [0.2, 0.25) is 0 Å². The molecule has 0 bridgehead atoms. The summed E-state index contributed by atoms with van der Waals surface area (Å²) in [6.07, 6.45) is 1.47. The summed E-state index contributed by atoms with van der Waals surface area (Å²) >= 11 is 10.3. The Labute approximate surface area is 225 Å². The van der Waals surface area contributed by atoms with Crippen molar-refractivity contribution in [3.8, 4) is 11.5 Å². The molecule has 1 aromatic heterocycles. The lowest BCUT2D eigenvalue weighted by atomic mass is 10.2. The van der Waals surface area contributed by atoms with Crippen molar-refractivity contribution in [3.05, 3.63) is 90.7 Å². The van der Waals surface area contributed by atoms with Crippen LogP contribution in [0, 0.1) is 5.82 Å². The molecule has 1 N–H and O–H groups in total. The molecular formula is C25H18Br3FN2O4. The van der Waals surface area contributed by atoms with E-state index in [4.69, 9.17) is 13.9 Å². The number of furan rings is 1. The van der Waals surface area contributed by atoms with Crippen LogP contribution in [0.15, 0.2) is 77.5 Å². The molecule has 0 spiro atoms. The summed E-state index contributed by atoms with van der Waals surface area (Å²) in [5.41, 5.74) is 4.11. The summed E-state index contributed by atoms with van der Waals surface area (Å²) < 4.78 is 33.3. The predicted molar refractivity (Wildman–Crippen MR) is 143 cm³/mol. The van der Waals surface area contributed by atoms with Gasteiger partial charge < -0.3 is 13.9 Å². The number of benzene rings is 3. The Morgan fingerprint density at radius 2 is 1.83 bits per heavy atom. The first-order chi connectivity index (χ1) is 16.9. The molecule has 0 saturated heterocycles. The SMILES string of the molecule is CCOc1cc(/C=N\NC(=O)c2cc3cc(Br)cc(Br)c3o2)c(Br)cc1OCc1ccccc1F. The molecular weight excluding hydrogens is 651 g/mol. The lowest BCUT2D eigenvalue weighted by Crippen LogP contribution is -2.16. The first kappa shape index (κ1) is 25.4. The first-order valence-electron chi connectivity index (χ1n) is 10.4. The molecule has 35 heavy (non-hydrogen) atoms. The van der Waals surface area contributed by atoms with E-state index in [1.54, 1.807) is 36.4 Å². The van der Waals surface area contributed by atoms with Crippen LogP contribution < -0.4 is 14.9 Å². The third-order valence-corrected chi connectivity index (χ3v) is 6.57. The number of amides is 1. The van der Waals surface area contributed by atoms with Gasteiger partial charge in [0.2, 0.25) is 0 Å². The van der Waals surface area contributed by atoms with E-state index in [-0.39, 0.29) is 18.2 Å². The zero-order valence-electron chi connectivity index (χ0n) is 18.3. The van der Waals surface area contributed by atoms with Gasteiger partial charge in [-0.1, -0.05) is 34.1 Å². The van der Waals surface area contributed by atoms with Gasteiger partial charge in [-0.25, -0.2) is 9.82 Å². The summed E-state index contributed by atoms with van der Waals surface area (Å²) in [7, 11) is 0. The van der Waals surface area contributed by atoms with E-state index in [2.05, 4.69) is 58.3 Å². The number of hydrogen-bond acceptors (Lipinski definition) is 5. The van der Waals surface area contributed by atoms with E-state index in [0.717, 1.165) is 14.3 Å². The molecule has 0 aliphatic carbocycles. The van der Waals surface area contributed by atoms with Crippen molar-refractivity contribution in [2.75, 3.05) is 6.61 Å². The molecule has 10 heteroatoms. The highest BCUT2D eigenvalue weighted by Gasteiger charge is 2.15. The van der Waals surface area contributed by atoms with Crippen LogP contribution >= 0.6 is 47.8 Å². The van der Waals surface area contributed by atoms with Crippen LogP contribution in [0.4, 0.5) is 4.39 Å². The van der Waals surface area contributed by atoms with E-state index in [9.17, 15) is 9.18 Å². The Kier molecular flexibility index (Phi) is 8.25. The summed E-state index contributed by atoms with van der Waals surface area (Å²) in [5.74, 6) is 0.205. The van der Waals surface area contributed by atoms with Crippen molar-refractivity contribution in [3.63, 3.8) is 0 Å². The molecule has 3 aromatic carbocycles. The molecule has 0 unspecified atom stereocenters. The van der Waals surface area contributed by atoms with E-state index in [1.165, 1.54) is 12.3 Å². The van der Waals surface area contributed by atoms with E-state index >= 15 is 0 Å². The molecule has 1 amide bonds. The van der Waals surface area contributed by atoms with Crippen molar-refractivity contribution in [2.45, 2.75) is 13.5 Å². The minimum Gasteiger partial charge on any atom is -0.490 e. The average Bonchev–Trinajstić information content (AvgIpc) is 3.25. The van der Waals surface area contributed by atoms with Gasteiger partial charge >= 0.3 is 5.91 Å². The van der Waals surface area contributed by atoms with Gasteiger partial charge in [-0.05, 0) is 75.2 Å². The molecule has 0 radical (unpaired) electrons. The van der Waals surface area contributed by atoms with E-state index in [1.807, 2.05) is 19.1 Å². The molecule has 4 rings (SSSR count). The van der Waals surface area contributed by atoms with Gasteiger partial charge in [0, 0.05) is 25.5 Å². The van der Waals surface area contributed by atoms with Gasteiger partial charge in [0.15, 0.2) is 17.3 Å². The monoisotopic (exact) mass is 666 g/mol. The number of ether oxygens (including phenoxy) is 2. The maximum Gasteiger partial charge on any atom is 0.307 e. The van der Waals surface area contributed by atoms with Gasteiger partial charge in [-0.3, -0.25) is 4.79 Å². The second-order valence-corrected chi connectivity index (χ2v) is 9.87. The van der Waals surface area contributed by atoms with Crippen LogP contribution in [-0.2, 0) is 6.61 Å². The third-order valence-electron chi connectivity index (χ3n) is 4.83. The zero-order valence-corrected chi connectivity index (χ0v) is 23.0. The van der Waals surface area contributed by atoms with Crippen LogP contribution in [0.1, 0.15) is 28.6 Å². The van der Waals surface area contributed by atoms with Crippen molar-refractivity contribution < 1.29 is 23.1 Å². The van der Waals surface area contributed by atoms with Crippen molar-refractivity contribution >= 4 is 70.9 Å². The number of fused-ring (bicyclic) bond motifs is 1. The van der Waals surface area contributed by atoms with Crippen LogP contribution in [0.5, 0.6) is 11.5 Å². The number of nitrogens with zero attached hydrogens (tertiary/aromatic N) is 1. The number of carbonyl (C=O) groups is 1. The quantitative estimate of drug-likeness (QED) is 0.155. The Balaban J connectivity index is 1.49. The molecule has 0 atom stereocenters. The lowest BCUT2D eigenvalue weighted by molar-refractivity contribution is 0.0929. The van der Waals surface area contributed by atoms with Gasteiger partial charge in [0.05, 0.1) is 17.3 Å². The largest absolute Gasteiger partial charge is 0.490 e. The second kappa shape index (κ2) is 11.4. The van der Waals surface area contributed by atoms with Gasteiger partial charge in [0.25, 0.3) is 0 Å². The first-order valence-corrected chi connectivity index (χ1v) is 12.8. The number of hydrazone groups is 1. The Morgan fingerprint density at radius 1 is 1.06 bits per heavy atom. The van der Waals surface area contributed by atoms with Crippen molar-refractivity contribution in [1.29, 1.82) is 0 Å². The fourth-order valence-electron chi connectivity index (χ4n) is 3.21. The Hall–Kier alpha value is -2.69. The molecule has 180 valence electrons. The summed E-state index contributed by atoms with van der Waals surface area (Å²) in [5, 5.41) is 4.82. The molecule has 4 aromatic rings. The maximum absolute atomic E-state index is 13.9. The van der Waals surface area contributed by atoms with E-state index in [0.29, 0.717) is 39.3 Å². The van der Waals surface area contributed by atoms with Gasteiger partial charge in [-0.2, -0.15) is 5.10 Å². The van der Waals surface area contributed by atoms with E-state index < -0.39 is 5.91 Å². The standard InChI is InChI=1S/C25H18Br3FN2O4/c1-2-33-21-9-16(18(27)11-22(21)34-13-14-5-3-4-6-20(14)29)12-30-31-25(32)23-8-15-7-17(26)10-19(28)24(15)35-23/h3-12H,2,13H2,1H3,(H,31,32)/b30-12-. The molecule has 1 heterocycles. The smallest absolute Gasteiger partial charge is 0.307 e. The molecule has 0 fully saturated rings. The van der Waals surface area contributed by atoms with Crippen LogP contribution in [0.3, 0.4) is 0 Å². The molecule has 6 nitrogen and oxygen atoms in total. The topological polar surface area (TPSA) is 73.1 Å². The van der Waals surface area contributed by atoms with Crippen molar-refractivity contribution in [2.24, 2.45) is 5.10 Å².